The highest BCUT2D eigenvalue weighted by atomic mass is 16.6. The van der Waals surface area contributed by atoms with Gasteiger partial charge in [-0.25, -0.2) is 0 Å². The maximum Gasteiger partial charge on any atom is 0.161 e. The minimum atomic E-state index is 0.499. The molecule has 3 rings (SSSR count). The van der Waals surface area contributed by atoms with Gasteiger partial charge in [0.15, 0.2) is 11.5 Å². The van der Waals surface area contributed by atoms with Gasteiger partial charge in [-0.3, -0.25) is 4.90 Å². The first-order chi connectivity index (χ1) is 8.88. The molecule has 0 aromatic heterocycles. The predicted octanol–water partition coefficient (Wildman–Crippen LogP) is 2.78. The molecule has 0 amide bonds. The summed E-state index contributed by atoms with van der Waals surface area (Å²) in [6.45, 7) is 7.25. The van der Waals surface area contributed by atoms with Crippen LogP contribution in [0.3, 0.4) is 0 Å². The summed E-state index contributed by atoms with van der Waals surface area (Å²) in [5.74, 6) is 1.77. The molecular weight excluding hydrogens is 226 g/mol. The third-order valence-electron chi connectivity index (χ3n) is 3.68. The van der Waals surface area contributed by atoms with E-state index < -0.39 is 0 Å². The molecule has 1 atom stereocenters. The minimum absolute atomic E-state index is 0.499. The molecule has 1 unspecified atom stereocenters. The van der Waals surface area contributed by atoms with Crippen molar-refractivity contribution in [1.29, 1.82) is 0 Å². The second-order valence-electron chi connectivity index (χ2n) is 4.84. The van der Waals surface area contributed by atoms with Gasteiger partial charge in [-0.05, 0) is 37.1 Å². The molecule has 1 saturated heterocycles. The van der Waals surface area contributed by atoms with Crippen LogP contribution in [0.5, 0.6) is 11.5 Å². The fourth-order valence-corrected chi connectivity index (χ4v) is 2.86. The summed E-state index contributed by atoms with van der Waals surface area (Å²) in [5, 5.41) is 0. The number of benzene rings is 1. The van der Waals surface area contributed by atoms with Gasteiger partial charge in [-0.1, -0.05) is 12.1 Å². The fraction of sp³-hybridized carbons (Fsp3) is 0.467. The maximum atomic E-state index is 5.66. The lowest BCUT2D eigenvalue weighted by molar-refractivity contribution is 0.171. The zero-order chi connectivity index (χ0) is 12.4. The number of hydrogen-bond donors (Lipinski definition) is 0. The zero-order valence-corrected chi connectivity index (χ0v) is 10.6. The van der Waals surface area contributed by atoms with E-state index >= 15 is 0 Å². The predicted molar refractivity (Wildman–Crippen MR) is 71.2 cm³/mol. The Morgan fingerprint density at radius 3 is 2.94 bits per heavy atom. The summed E-state index contributed by atoms with van der Waals surface area (Å²) in [7, 11) is 0. The lowest BCUT2D eigenvalue weighted by atomic mass is 10.0. The van der Waals surface area contributed by atoms with E-state index in [2.05, 4.69) is 23.6 Å². The fourth-order valence-electron chi connectivity index (χ4n) is 2.86. The standard InChI is InChI=1S/C15H19NO2/c1-2-7-16-8-3-4-13(16)12-5-6-14-15(11-12)18-10-9-17-14/h2,5-6,11,13H,1,3-4,7-10H2. The molecule has 1 aromatic carbocycles. The van der Waals surface area contributed by atoms with Crippen molar-refractivity contribution in [2.45, 2.75) is 18.9 Å². The van der Waals surface area contributed by atoms with E-state index in [9.17, 15) is 0 Å². The molecule has 3 heteroatoms. The van der Waals surface area contributed by atoms with Crippen LogP contribution in [-0.4, -0.2) is 31.2 Å². The topological polar surface area (TPSA) is 21.7 Å². The van der Waals surface area contributed by atoms with Crippen LogP contribution in [0.1, 0.15) is 24.4 Å². The Labute approximate surface area is 108 Å². The Morgan fingerprint density at radius 1 is 1.28 bits per heavy atom. The first-order valence-corrected chi connectivity index (χ1v) is 6.63. The van der Waals surface area contributed by atoms with Crippen LogP contribution in [0, 0.1) is 0 Å². The van der Waals surface area contributed by atoms with Gasteiger partial charge in [0, 0.05) is 12.6 Å². The molecule has 2 aliphatic heterocycles. The van der Waals surface area contributed by atoms with E-state index in [0.29, 0.717) is 19.3 Å². The molecule has 3 nitrogen and oxygen atoms in total. The molecule has 18 heavy (non-hydrogen) atoms. The Kier molecular flexibility index (Phi) is 3.24. The van der Waals surface area contributed by atoms with E-state index in [0.717, 1.165) is 24.6 Å². The third-order valence-corrected chi connectivity index (χ3v) is 3.68. The smallest absolute Gasteiger partial charge is 0.161 e. The van der Waals surface area contributed by atoms with Crippen molar-refractivity contribution in [2.75, 3.05) is 26.3 Å². The van der Waals surface area contributed by atoms with Crippen molar-refractivity contribution in [3.63, 3.8) is 0 Å². The van der Waals surface area contributed by atoms with Crippen LogP contribution in [0.2, 0.25) is 0 Å². The van der Waals surface area contributed by atoms with Gasteiger partial charge in [0.05, 0.1) is 0 Å². The van der Waals surface area contributed by atoms with Crippen LogP contribution < -0.4 is 9.47 Å². The second kappa shape index (κ2) is 5.02. The normalized spacial score (nSPS) is 23.0. The maximum absolute atomic E-state index is 5.66. The van der Waals surface area contributed by atoms with Gasteiger partial charge in [0.2, 0.25) is 0 Å². The molecule has 0 N–H and O–H groups in total. The number of hydrogen-bond acceptors (Lipinski definition) is 3. The Balaban J connectivity index is 1.85. The highest BCUT2D eigenvalue weighted by molar-refractivity contribution is 5.44. The van der Waals surface area contributed by atoms with E-state index in [-0.39, 0.29) is 0 Å². The van der Waals surface area contributed by atoms with Crippen molar-refractivity contribution in [1.82, 2.24) is 4.90 Å². The zero-order valence-electron chi connectivity index (χ0n) is 10.6. The van der Waals surface area contributed by atoms with Crippen LogP contribution in [0.4, 0.5) is 0 Å². The van der Waals surface area contributed by atoms with Crippen molar-refractivity contribution in [3.8, 4) is 11.5 Å². The molecule has 0 saturated carbocycles. The molecule has 2 heterocycles. The summed E-state index contributed by atoms with van der Waals surface area (Å²) >= 11 is 0. The van der Waals surface area contributed by atoms with Crippen molar-refractivity contribution >= 4 is 0 Å². The lowest BCUT2D eigenvalue weighted by Crippen LogP contribution is -2.23. The highest BCUT2D eigenvalue weighted by Crippen LogP contribution is 2.37. The van der Waals surface area contributed by atoms with Gasteiger partial charge in [0.1, 0.15) is 13.2 Å². The Morgan fingerprint density at radius 2 is 2.11 bits per heavy atom. The summed E-state index contributed by atoms with van der Waals surface area (Å²) in [6, 6.07) is 6.84. The second-order valence-corrected chi connectivity index (χ2v) is 4.84. The number of likely N-dealkylation sites (tertiary alicyclic amines) is 1. The summed E-state index contributed by atoms with van der Waals surface area (Å²) in [4.78, 5) is 2.47. The van der Waals surface area contributed by atoms with Crippen LogP contribution in [-0.2, 0) is 0 Å². The number of rotatable bonds is 3. The van der Waals surface area contributed by atoms with Gasteiger partial charge < -0.3 is 9.47 Å². The minimum Gasteiger partial charge on any atom is -0.486 e. The van der Waals surface area contributed by atoms with E-state index in [1.807, 2.05) is 12.1 Å². The summed E-state index contributed by atoms with van der Waals surface area (Å²) < 4.78 is 11.2. The Bertz CT molecular complexity index is 444. The average molecular weight is 245 g/mol. The first kappa shape index (κ1) is 11.6. The van der Waals surface area contributed by atoms with Crippen LogP contribution >= 0.6 is 0 Å². The molecule has 96 valence electrons. The van der Waals surface area contributed by atoms with Gasteiger partial charge in [0.25, 0.3) is 0 Å². The average Bonchev–Trinajstić information content (AvgIpc) is 2.87. The van der Waals surface area contributed by atoms with Gasteiger partial charge in [-0.2, -0.15) is 0 Å². The molecule has 0 spiro atoms. The molecule has 0 aliphatic carbocycles. The molecule has 1 fully saturated rings. The van der Waals surface area contributed by atoms with Gasteiger partial charge >= 0.3 is 0 Å². The monoisotopic (exact) mass is 245 g/mol. The van der Waals surface area contributed by atoms with E-state index in [1.54, 1.807) is 0 Å². The molecule has 1 aromatic rings. The van der Waals surface area contributed by atoms with Crippen molar-refractivity contribution in [2.24, 2.45) is 0 Å². The Hall–Kier alpha value is -1.48. The number of nitrogens with zero attached hydrogens (tertiary/aromatic N) is 1. The molecule has 2 aliphatic rings. The van der Waals surface area contributed by atoms with Gasteiger partial charge in [-0.15, -0.1) is 6.58 Å². The summed E-state index contributed by atoms with van der Waals surface area (Å²) in [5.41, 5.74) is 1.33. The lowest BCUT2D eigenvalue weighted by Gasteiger charge is -2.25. The number of fused-ring (bicyclic) bond motifs is 1. The quantitative estimate of drug-likeness (QED) is 0.764. The highest BCUT2D eigenvalue weighted by Gasteiger charge is 2.26. The number of ether oxygens (including phenoxy) is 2. The van der Waals surface area contributed by atoms with Crippen molar-refractivity contribution < 1.29 is 9.47 Å². The van der Waals surface area contributed by atoms with Crippen LogP contribution in [0.25, 0.3) is 0 Å². The van der Waals surface area contributed by atoms with Crippen LogP contribution in [0.15, 0.2) is 30.9 Å². The SMILES string of the molecule is C=CCN1CCCC1c1ccc2c(c1)OCCO2. The molecular formula is C15H19NO2. The molecule has 0 radical (unpaired) electrons. The third kappa shape index (κ3) is 2.10. The first-order valence-electron chi connectivity index (χ1n) is 6.63. The van der Waals surface area contributed by atoms with Crippen molar-refractivity contribution in [3.05, 3.63) is 36.4 Å². The largest absolute Gasteiger partial charge is 0.486 e. The summed E-state index contributed by atoms with van der Waals surface area (Å²) in [6.07, 6.45) is 4.46. The van der Waals surface area contributed by atoms with E-state index in [1.165, 1.54) is 18.4 Å². The van der Waals surface area contributed by atoms with E-state index in [4.69, 9.17) is 9.47 Å². The molecule has 0 bridgehead atoms.